The number of hydrogen-bond acceptors (Lipinski definition) is 4. The van der Waals surface area contributed by atoms with Crippen LogP contribution in [0.4, 0.5) is 4.39 Å². The first kappa shape index (κ1) is 22.6. The summed E-state index contributed by atoms with van der Waals surface area (Å²) < 4.78 is 23.1. The smallest absolute Gasteiger partial charge is 0.337 e. The minimum atomic E-state index is -0.559. The maximum Gasteiger partial charge on any atom is 0.337 e. The van der Waals surface area contributed by atoms with Gasteiger partial charge in [-0.25, -0.2) is 18.7 Å². The van der Waals surface area contributed by atoms with Crippen molar-refractivity contribution in [2.75, 3.05) is 7.11 Å². The van der Waals surface area contributed by atoms with E-state index in [1.54, 1.807) is 48.1 Å². The number of imidazole rings is 1. The number of benzene rings is 3. The Balaban J connectivity index is 1.75. The van der Waals surface area contributed by atoms with Gasteiger partial charge in [0.2, 0.25) is 0 Å². The van der Waals surface area contributed by atoms with E-state index in [0.29, 0.717) is 28.6 Å². The minimum absolute atomic E-state index is 0.0265. The van der Waals surface area contributed by atoms with Crippen LogP contribution in [0.25, 0.3) is 16.9 Å². The topological polar surface area (TPSA) is 71.1 Å². The van der Waals surface area contributed by atoms with Crippen LogP contribution in [0.5, 0.6) is 5.75 Å². The second-order valence-electron chi connectivity index (χ2n) is 7.97. The van der Waals surface area contributed by atoms with E-state index in [1.165, 1.54) is 23.0 Å². The molecule has 0 bridgehead atoms. The van der Waals surface area contributed by atoms with Crippen molar-refractivity contribution >= 4 is 22.8 Å². The quantitative estimate of drug-likeness (QED) is 0.357. The van der Waals surface area contributed by atoms with E-state index < -0.39 is 17.1 Å². The second kappa shape index (κ2) is 9.23. The number of halogens is 2. The number of nitrogens with zero attached hydrogens (tertiary/aromatic N) is 4. The standard InChI is InChI=1S/C26H20ClFN4O3/c1-35-22-5-3-2-4-18(22)15-30-16-29-24-23(30)25(33)31(14-17-6-10-20(28)11-7-17)26(34)32(24)21-12-8-19(27)9-13-21/h2-13,16H,14-15H2,1H3. The summed E-state index contributed by atoms with van der Waals surface area (Å²) in [7, 11) is 1.58. The summed E-state index contributed by atoms with van der Waals surface area (Å²) in [4.78, 5) is 31.7. The van der Waals surface area contributed by atoms with Gasteiger partial charge < -0.3 is 9.30 Å². The molecule has 0 aliphatic heterocycles. The van der Waals surface area contributed by atoms with Crippen molar-refractivity contribution in [1.82, 2.24) is 18.7 Å². The Kier molecular flexibility index (Phi) is 5.96. The molecule has 0 atom stereocenters. The van der Waals surface area contributed by atoms with Gasteiger partial charge in [0.1, 0.15) is 11.6 Å². The van der Waals surface area contributed by atoms with Crippen molar-refractivity contribution in [3.05, 3.63) is 122 Å². The zero-order chi connectivity index (χ0) is 24.5. The zero-order valence-electron chi connectivity index (χ0n) is 18.7. The fourth-order valence-corrected chi connectivity index (χ4v) is 4.18. The third-order valence-corrected chi connectivity index (χ3v) is 6.02. The first-order chi connectivity index (χ1) is 17.0. The Morgan fingerprint density at radius 3 is 2.37 bits per heavy atom. The van der Waals surface area contributed by atoms with Crippen molar-refractivity contribution in [3.8, 4) is 11.4 Å². The van der Waals surface area contributed by atoms with Crippen LogP contribution < -0.4 is 16.0 Å². The predicted octanol–water partition coefficient (Wildman–Crippen LogP) is 4.25. The number of aromatic nitrogens is 4. The summed E-state index contributed by atoms with van der Waals surface area (Å²) in [6.07, 6.45) is 1.53. The number of para-hydroxylation sites is 1. The van der Waals surface area contributed by atoms with Gasteiger partial charge in [-0.2, -0.15) is 0 Å². The molecule has 5 aromatic rings. The molecule has 0 amide bonds. The highest BCUT2D eigenvalue weighted by molar-refractivity contribution is 6.30. The Hall–Kier alpha value is -4.17. The molecule has 0 saturated heterocycles. The highest BCUT2D eigenvalue weighted by Crippen LogP contribution is 2.21. The summed E-state index contributed by atoms with van der Waals surface area (Å²) in [5, 5.41) is 0.513. The molecule has 0 unspecified atom stereocenters. The third kappa shape index (κ3) is 4.24. The molecule has 176 valence electrons. The first-order valence-electron chi connectivity index (χ1n) is 10.8. The molecule has 0 aliphatic carbocycles. The Labute approximate surface area is 204 Å². The molecule has 35 heavy (non-hydrogen) atoms. The van der Waals surface area contributed by atoms with Gasteiger partial charge in [-0.3, -0.25) is 9.36 Å². The van der Waals surface area contributed by atoms with E-state index in [-0.39, 0.29) is 17.7 Å². The number of ether oxygens (including phenoxy) is 1. The van der Waals surface area contributed by atoms with Crippen LogP contribution in [0.1, 0.15) is 11.1 Å². The fraction of sp³-hybridized carbons (Fsp3) is 0.115. The van der Waals surface area contributed by atoms with E-state index in [0.717, 1.165) is 10.1 Å². The van der Waals surface area contributed by atoms with E-state index in [9.17, 15) is 14.0 Å². The summed E-state index contributed by atoms with van der Waals surface area (Å²) in [5.41, 5.74) is 1.41. The van der Waals surface area contributed by atoms with E-state index in [1.807, 2.05) is 24.3 Å². The molecule has 2 aromatic heterocycles. The lowest BCUT2D eigenvalue weighted by molar-refractivity contribution is 0.408. The van der Waals surface area contributed by atoms with Gasteiger partial charge >= 0.3 is 5.69 Å². The van der Waals surface area contributed by atoms with Gasteiger partial charge in [0.15, 0.2) is 11.2 Å². The SMILES string of the molecule is COc1ccccc1Cn1cnc2c1c(=O)n(Cc1ccc(F)cc1)c(=O)n2-c1ccc(Cl)cc1. The average Bonchev–Trinajstić information content (AvgIpc) is 3.27. The molecule has 7 nitrogen and oxygen atoms in total. The number of rotatable bonds is 6. The molecule has 3 aromatic carbocycles. The van der Waals surface area contributed by atoms with Crippen LogP contribution in [-0.2, 0) is 13.1 Å². The summed E-state index contributed by atoms with van der Waals surface area (Å²) >= 11 is 6.05. The Morgan fingerprint density at radius 1 is 0.943 bits per heavy atom. The zero-order valence-corrected chi connectivity index (χ0v) is 19.4. The van der Waals surface area contributed by atoms with Crippen LogP contribution in [-0.4, -0.2) is 25.8 Å². The molecule has 2 heterocycles. The summed E-state index contributed by atoms with van der Waals surface area (Å²) in [6.45, 7) is 0.284. The lowest BCUT2D eigenvalue weighted by Gasteiger charge is -2.14. The maximum absolute atomic E-state index is 13.6. The van der Waals surface area contributed by atoms with Crippen LogP contribution in [0.15, 0.2) is 88.7 Å². The number of methoxy groups -OCH3 is 1. The molecule has 0 saturated carbocycles. The lowest BCUT2D eigenvalue weighted by Crippen LogP contribution is -2.40. The largest absolute Gasteiger partial charge is 0.496 e. The summed E-state index contributed by atoms with van der Waals surface area (Å²) in [6, 6.07) is 19.9. The molecule has 0 radical (unpaired) electrons. The minimum Gasteiger partial charge on any atom is -0.496 e. The van der Waals surface area contributed by atoms with Gasteiger partial charge in [-0.1, -0.05) is 41.9 Å². The molecule has 0 aliphatic rings. The maximum atomic E-state index is 13.6. The number of hydrogen-bond donors (Lipinski definition) is 0. The van der Waals surface area contributed by atoms with Gasteiger partial charge in [-0.05, 0) is 48.0 Å². The van der Waals surface area contributed by atoms with Crippen molar-refractivity contribution in [2.24, 2.45) is 0 Å². The van der Waals surface area contributed by atoms with Crippen molar-refractivity contribution in [3.63, 3.8) is 0 Å². The van der Waals surface area contributed by atoms with Crippen molar-refractivity contribution < 1.29 is 9.13 Å². The molecule has 0 fully saturated rings. The van der Waals surface area contributed by atoms with E-state index >= 15 is 0 Å². The van der Waals surface area contributed by atoms with Gasteiger partial charge in [0.05, 0.1) is 32.2 Å². The Bertz CT molecular complexity index is 1640. The summed E-state index contributed by atoms with van der Waals surface area (Å²) in [5.74, 6) is 0.275. The van der Waals surface area contributed by atoms with Crippen LogP contribution >= 0.6 is 11.6 Å². The molecule has 9 heteroatoms. The normalized spacial score (nSPS) is 11.2. The third-order valence-electron chi connectivity index (χ3n) is 5.77. The van der Waals surface area contributed by atoms with Gasteiger partial charge in [0, 0.05) is 10.6 Å². The Morgan fingerprint density at radius 2 is 1.66 bits per heavy atom. The monoisotopic (exact) mass is 490 g/mol. The predicted molar refractivity (Wildman–Crippen MR) is 132 cm³/mol. The van der Waals surface area contributed by atoms with E-state index in [2.05, 4.69) is 4.98 Å². The van der Waals surface area contributed by atoms with Crippen LogP contribution in [0, 0.1) is 5.82 Å². The van der Waals surface area contributed by atoms with E-state index in [4.69, 9.17) is 16.3 Å². The van der Waals surface area contributed by atoms with Crippen LogP contribution in [0.2, 0.25) is 5.02 Å². The van der Waals surface area contributed by atoms with Crippen molar-refractivity contribution in [1.29, 1.82) is 0 Å². The average molecular weight is 491 g/mol. The van der Waals surface area contributed by atoms with Gasteiger partial charge in [0.25, 0.3) is 5.56 Å². The molecular formula is C26H20ClFN4O3. The van der Waals surface area contributed by atoms with Gasteiger partial charge in [-0.15, -0.1) is 0 Å². The first-order valence-corrected chi connectivity index (χ1v) is 11.2. The highest BCUT2D eigenvalue weighted by atomic mass is 35.5. The lowest BCUT2D eigenvalue weighted by atomic mass is 10.2. The van der Waals surface area contributed by atoms with Crippen LogP contribution in [0.3, 0.4) is 0 Å². The fourth-order valence-electron chi connectivity index (χ4n) is 4.05. The molecule has 5 rings (SSSR count). The molecule has 0 N–H and O–H groups in total. The number of fused-ring (bicyclic) bond motifs is 1. The molecule has 0 spiro atoms. The molecular weight excluding hydrogens is 471 g/mol. The highest BCUT2D eigenvalue weighted by Gasteiger charge is 2.20. The second-order valence-corrected chi connectivity index (χ2v) is 8.41. The van der Waals surface area contributed by atoms with Crippen molar-refractivity contribution in [2.45, 2.75) is 13.1 Å².